The summed E-state index contributed by atoms with van der Waals surface area (Å²) < 4.78 is 0. The van der Waals surface area contributed by atoms with Crippen LogP contribution >= 0.6 is 0 Å². The molecule has 0 spiro atoms. The molecule has 3 nitrogen and oxygen atoms in total. The van der Waals surface area contributed by atoms with Gasteiger partial charge in [0, 0.05) is 6.04 Å². The molecule has 0 rings (SSSR count). The van der Waals surface area contributed by atoms with Crippen LogP contribution in [0.15, 0.2) is 11.6 Å². The Morgan fingerprint density at radius 3 is 2.50 bits per heavy atom. The molecule has 3 heteroatoms. The molecule has 0 saturated heterocycles. The molecule has 0 aliphatic rings. The summed E-state index contributed by atoms with van der Waals surface area (Å²) in [6.45, 7) is 6.02. The predicted molar refractivity (Wildman–Crippen MR) is 50.3 cm³/mol. The van der Waals surface area contributed by atoms with Crippen molar-refractivity contribution in [2.75, 3.05) is 7.11 Å². The highest BCUT2D eigenvalue weighted by atomic mass is 16.9. The molecule has 72 valence electrons. The van der Waals surface area contributed by atoms with Crippen LogP contribution in [0.3, 0.4) is 0 Å². The molecular formula is C9H18NO2-. The van der Waals surface area contributed by atoms with Gasteiger partial charge in [0.1, 0.15) is 0 Å². The van der Waals surface area contributed by atoms with Crippen LogP contribution in [-0.4, -0.2) is 18.4 Å². The van der Waals surface area contributed by atoms with Gasteiger partial charge in [-0.3, -0.25) is 5.23 Å². The Bertz CT molecular complexity index is 141. The lowest BCUT2D eigenvalue weighted by molar-refractivity contribution is -0.119. The highest BCUT2D eigenvalue weighted by Gasteiger charge is 2.05. The summed E-state index contributed by atoms with van der Waals surface area (Å²) in [7, 11) is 1.40. The number of hydroxylamine groups is 2. The van der Waals surface area contributed by atoms with Gasteiger partial charge in [0.25, 0.3) is 0 Å². The maximum absolute atomic E-state index is 11.0. The number of nitrogens with zero attached hydrogens (tertiary/aromatic N) is 1. The maximum atomic E-state index is 11.0. The predicted octanol–water partition coefficient (Wildman–Crippen LogP) is 2.48. The molecule has 0 radical (unpaired) electrons. The zero-order valence-electron chi connectivity index (χ0n) is 8.33. The summed E-state index contributed by atoms with van der Waals surface area (Å²) in [4.78, 5) is 4.58. The normalized spacial score (nSPS) is 13.2. The van der Waals surface area contributed by atoms with E-state index in [1.54, 1.807) is 0 Å². The van der Waals surface area contributed by atoms with Gasteiger partial charge in [-0.15, -0.1) is 0 Å². The molecule has 0 saturated carbocycles. The van der Waals surface area contributed by atoms with E-state index < -0.39 is 0 Å². The average molecular weight is 172 g/mol. The molecule has 0 heterocycles. The Morgan fingerprint density at radius 2 is 2.17 bits per heavy atom. The van der Waals surface area contributed by atoms with Gasteiger partial charge in [-0.1, -0.05) is 18.6 Å². The van der Waals surface area contributed by atoms with Gasteiger partial charge in [0.05, 0.1) is 7.11 Å². The lowest BCUT2D eigenvalue weighted by atomic mass is 10.1. The van der Waals surface area contributed by atoms with Crippen LogP contribution in [0.4, 0.5) is 0 Å². The van der Waals surface area contributed by atoms with Crippen LogP contribution < -0.4 is 0 Å². The third-order valence-corrected chi connectivity index (χ3v) is 1.75. The smallest absolute Gasteiger partial charge is 0.0563 e. The Morgan fingerprint density at radius 1 is 1.58 bits per heavy atom. The van der Waals surface area contributed by atoms with E-state index in [0.29, 0.717) is 5.23 Å². The average Bonchev–Trinajstić information content (AvgIpc) is 2.04. The molecular weight excluding hydrogens is 154 g/mol. The molecule has 0 N–H and O–H groups in total. The van der Waals surface area contributed by atoms with Crippen molar-refractivity contribution in [3.8, 4) is 0 Å². The van der Waals surface area contributed by atoms with E-state index in [0.717, 1.165) is 12.8 Å². The first kappa shape index (κ1) is 11.6. The fourth-order valence-electron chi connectivity index (χ4n) is 0.923. The zero-order valence-corrected chi connectivity index (χ0v) is 8.33. The highest BCUT2D eigenvalue weighted by Crippen LogP contribution is 2.09. The first-order chi connectivity index (χ1) is 5.61. The summed E-state index contributed by atoms with van der Waals surface area (Å²) in [5.74, 6) is 0. The topological polar surface area (TPSA) is 35.5 Å². The third-order valence-electron chi connectivity index (χ3n) is 1.75. The van der Waals surface area contributed by atoms with Gasteiger partial charge in [0.15, 0.2) is 0 Å². The highest BCUT2D eigenvalue weighted by molar-refractivity contribution is 4.95. The van der Waals surface area contributed by atoms with Crippen molar-refractivity contribution >= 4 is 0 Å². The monoisotopic (exact) mass is 172 g/mol. The van der Waals surface area contributed by atoms with E-state index in [4.69, 9.17) is 0 Å². The van der Waals surface area contributed by atoms with Crippen molar-refractivity contribution in [3.63, 3.8) is 0 Å². The summed E-state index contributed by atoms with van der Waals surface area (Å²) in [6.07, 6.45) is 3.62. The Kier molecular flexibility index (Phi) is 5.98. The molecule has 0 aliphatic heterocycles. The lowest BCUT2D eigenvalue weighted by Gasteiger charge is -2.33. The first-order valence-corrected chi connectivity index (χ1v) is 4.25. The number of allylic oxidation sites excluding steroid dienone is 1. The number of hydrogen-bond acceptors (Lipinski definition) is 3. The SMILES string of the molecule is CCC(CC=C(C)C)N([O-])OC. The van der Waals surface area contributed by atoms with Gasteiger partial charge in [0.2, 0.25) is 0 Å². The lowest BCUT2D eigenvalue weighted by Crippen LogP contribution is -2.27. The van der Waals surface area contributed by atoms with Gasteiger partial charge in [-0.05, 0) is 26.7 Å². The molecule has 1 unspecified atom stereocenters. The van der Waals surface area contributed by atoms with Gasteiger partial charge >= 0.3 is 0 Å². The molecule has 0 aromatic heterocycles. The minimum absolute atomic E-state index is 0.0510. The van der Waals surface area contributed by atoms with Crippen LogP contribution in [0.2, 0.25) is 0 Å². The van der Waals surface area contributed by atoms with Crippen molar-refractivity contribution in [3.05, 3.63) is 16.9 Å². The van der Waals surface area contributed by atoms with Crippen LogP contribution in [0.1, 0.15) is 33.6 Å². The van der Waals surface area contributed by atoms with E-state index in [-0.39, 0.29) is 6.04 Å². The Labute approximate surface area is 74.5 Å². The van der Waals surface area contributed by atoms with Crippen molar-refractivity contribution in [2.24, 2.45) is 0 Å². The Hall–Kier alpha value is -0.380. The van der Waals surface area contributed by atoms with E-state index in [9.17, 15) is 5.21 Å². The minimum Gasteiger partial charge on any atom is -0.762 e. The van der Waals surface area contributed by atoms with E-state index in [1.165, 1.54) is 12.7 Å². The molecule has 0 aromatic carbocycles. The molecule has 0 aliphatic carbocycles. The number of hydrogen-bond donors (Lipinski definition) is 0. The van der Waals surface area contributed by atoms with Gasteiger partial charge < -0.3 is 10.0 Å². The van der Waals surface area contributed by atoms with Crippen LogP contribution in [0, 0.1) is 5.21 Å². The van der Waals surface area contributed by atoms with Crippen molar-refractivity contribution < 1.29 is 4.84 Å². The molecule has 12 heavy (non-hydrogen) atoms. The zero-order chi connectivity index (χ0) is 9.56. The summed E-state index contributed by atoms with van der Waals surface area (Å²) in [5.41, 5.74) is 1.23. The number of rotatable bonds is 5. The minimum atomic E-state index is -0.0510. The van der Waals surface area contributed by atoms with Crippen LogP contribution in [-0.2, 0) is 4.84 Å². The summed E-state index contributed by atoms with van der Waals surface area (Å²) in [6, 6.07) is -0.0510. The summed E-state index contributed by atoms with van der Waals surface area (Å²) in [5, 5.41) is 11.7. The second-order valence-electron chi connectivity index (χ2n) is 3.05. The Balaban J connectivity index is 3.91. The standard InChI is InChI=1S/C9H18NO2/c1-5-9(10(11)12-4)7-6-8(2)3/h6,9H,5,7H2,1-4H3/q-1. The second-order valence-corrected chi connectivity index (χ2v) is 3.05. The molecule has 0 aromatic rings. The summed E-state index contributed by atoms with van der Waals surface area (Å²) >= 11 is 0. The van der Waals surface area contributed by atoms with E-state index in [2.05, 4.69) is 10.9 Å². The maximum Gasteiger partial charge on any atom is 0.0563 e. The third kappa shape index (κ3) is 4.49. The van der Waals surface area contributed by atoms with Gasteiger partial charge in [-0.2, -0.15) is 0 Å². The fourth-order valence-corrected chi connectivity index (χ4v) is 0.923. The molecule has 0 fully saturated rings. The van der Waals surface area contributed by atoms with E-state index >= 15 is 0 Å². The van der Waals surface area contributed by atoms with Gasteiger partial charge in [-0.25, -0.2) is 0 Å². The van der Waals surface area contributed by atoms with Crippen LogP contribution in [0.25, 0.3) is 0 Å². The van der Waals surface area contributed by atoms with Crippen LogP contribution in [0.5, 0.6) is 0 Å². The second kappa shape index (κ2) is 6.17. The van der Waals surface area contributed by atoms with Crippen molar-refractivity contribution in [2.45, 2.75) is 39.7 Å². The largest absolute Gasteiger partial charge is 0.762 e. The molecule has 1 atom stereocenters. The molecule has 0 amide bonds. The van der Waals surface area contributed by atoms with Crippen molar-refractivity contribution in [1.82, 2.24) is 5.23 Å². The fraction of sp³-hybridized carbons (Fsp3) is 0.778. The van der Waals surface area contributed by atoms with Crippen molar-refractivity contribution in [1.29, 1.82) is 0 Å². The molecule has 0 bridgehead atoms. The quantitative estimate of drug-likeness (QED) is 0.472. The first-order valence-electron chi connectivity index (χ1n) is 4.25. The van der Waals surface area contributed by atoms with E-state index in [1.807, 2.05) is 20.8 Å².